The van der Waals surface area contributed by atoms with Gasteiger partial charge in [0.05, 0.1) is 40.7 Å². The van der Waals surface area contributed by atoms with Gasteiger partial charge >= 0.3 is 5.97 Å². The van der Waals surface area contributed by atoms with Crippen LogP contribution < -0.4 is 4.74 Å². The van der Waals surface area contributed by atoms with E-state index in [1.807, 2.05) is 6.07 Å². The van der Waals surface area contributed by atoms with Crippen molar-refractivity contribution in [2.24, 2.45) is 0 Å². The van der Waals surface area contributed by atoms with Crippen molar-refractivity contribution in [1.82, 2.24) is 14.5 Å². The minimum absolute atomic E-state index is 0.119. The lowest BCUT2D eigenvalue weighted by atomic mass is 9.99. The number of rotatable bonds is 9. The largest absolute Gasteiger partial charge is 0.489 e. The number of carbonyl (C=O) groups is 1. The van der Waals surface area contributed by atoms with Gasteiger partial charge in [-0.2, -0.15) is 0 Å². The van der Waals surface area contributed by atoms with Crippen molar-refractivity contribution < 1.29 is 27.8 Å². The number of nitrogens with zero attached hydrogens (tertiary/aromatic N) is 3. The Kier molecular flexibility index (Phi) is 7.07. The van der Waals surface area contributed by atoms with Gasteiger partial charge in [0.25, 0.3) is 0 Å². The van der Waals surface area contributed by atoms with Gasteiger partial charge in [-0.05, 0) is 72.0 Å². The van der Waals surface area contributed by atoms with Crippen LogP contribution in [-0.4, -0.2) is 59.5 Å². The van der Waals surface area contributed by atoms with E-state index in [1.165, 1.54) is 17.4 Å². The van der Waals surface area contributed by atoms with Gasteiger partial charge in [-0.15, -0.1) is 0 Å². The standard InChI is InChI=1S/C30H31N3O6S/c1-40(36,37)26-7-2-20(3-8-26)19-39-24-6-4-21-10-12-32(16-23(21)14-24)18-29-31-27-9-5-22(30(34)35)15-28(27)33(29)17-25-11-13-38-25/h2-9,14-15,25H,10-13,16-19H2,1H3,(H,34,35)/t25-/m0/s1. The Morgan fingerprint density at radius 2 is 1.90 bits per heavy atom. The van der Waals surface area contributed by atoms with Crippen molar-refractivity contribution in [3.05, 3.63) is 88.7 Å². The summed E-state index contributed by atoms with van der Waals surface area (Å²) in [6.45, 7) is 4.04. The predicted octanol–water partition coefficient (Wildman–Crippen LogP) is 4.06. The summed E-state index contributed by atoms with van der Waals surface area (Å²) in [4.78, 5) is 19.1. The molecule has 0 spiro atoms. The topological polar surface area (TPSA) is 111 Å². The molecule has 1 saturated heterocycles. The zero-order valence-electron chi connectivity index (χ0n) is 22.2. The fourth-order valence-electron chi connectivity index (χ4n) is 5.28. The molecule has 3 heterocycles. The summed E-state index contributed by atoms with van der Waals surface area (Å²) in [5, 5.41) is 9.51. The lowest BCUT2D eigenvalue weighted by Crippen LogP contribution is -2.34. The molecule has 4 aromatic rings. The highest BCUT2D eigenvalue weighted by atomic mass is 32.2. The summed E-state index contributed by atoms with van der Waals surface area (Å²) in [5.41, 5.74) is 5.26. The van der Waals surface area contributed by atoms with Crippen LogP contribution in [0.3, 0.4) is 0 Å². The summed E-state index contributed by atoms with van der Waals surface area (Å²) >= 11 is 0. The maximum atomic E-state index is 11.7. The predicted molar refractivity (Wildman–Crippen MR) is 149 cm³/mol. The van der Waals surface area contributed by atoms with Gasteiger partial charge in [-0.1, -0.05) is 18.2 Å². The van der Waals surface area contributed by atoms with Crippen LogP contribution >= 0.6 is 0 Å². The Balaban J connectivity index is 1.17. The molecule has 10 heteroatoms. The fraction of sp³-hybridized carbons (Fsp3) is 0.333. The molecule has 1 N–H and O–H groups in total. The summed E-state index contributed by atoms with van der Waals surface area (Å²) in [6.07, 6.45) is 3.22. The van der Waals surface area contributed by atoms with E-state index in [1.54, 1.807) is 42.5 Å². The third kappa shape index (κ3) is 5.60. The first-order chi connectivity index (χ1) is 19.2. The Morgan fingerprint density at radius 3 is 2.60 bits per heavy atom. The molecular weight excluding hydrogens is 530 g/mol. The number of carboxylic acid groups (broad SMARTS) is 1. The van der Waals surface area contributed by atoms with Crippen LogP contribution in [0.25, 0.3) is 11.0 Å². The first-order valence-electron chi connectivity index (χ1n) is 13.3. The Labute approximate surface area is 232 Å². The zero-order valence-corrected chi connectivity index (χ0v) is 23.1. The van der Waals surface area contributed by atoms with Gasteiger partial charge < -0.3 is 19.1 Å². The average Bonchev–Trinajstić information content (AvgIpc) is 3.24. The normalized spacial score (nSPS) is 17.4. The maximum Gasteiger partial charge on any atom is 0.335 e. The third-order valence-corrected chi connectivity index (χ3v) is 8.77. The minimum atomic E-state index is -3.23. The molecule has 3 aromatic carbocycles. The summed E-state index contributed by atoms with van der Waals surface area (Å²) in [7, 11) is -3.23. The number of aromatic carboxylic acids is 1. The summed E-state index contributed by atoms with van der Waals surface area (Å²) in [5.74, 6) is 0.720. The number of benzene rings is 3. The lowest BCUT2D eigenvalue weighted by Gasteiger charge is -2.30. The highest BCUT2D eigenvalue weighted by Crippen LogP contribution is 2.28. The molecule has 9 nitrogen and oxygen atoms in total. The highest BCUT2D eigenvalue weighted by Gasteiger charge is 2.25. The van der Waals surface area contributed by atoms with E-state index in [2.05, 4.69) is 21.6 Å². The van der Waals surface area contributed by atoms with Crippen molar-refractivity contribution >= 4 is 26.8 Å². The van der Waals surface area contributed by atoms with Gasteiger partial charge in [-0.3, -0.25) is 4.90 Å². The molecule has 1 fully saturated rings. The van der Waals surface area contributed by atoms with E-state index in [0.717, 1.165) is 60.7 Å². The zero-order chi connectivity index (χ0) is 27.9. The van der Waals surface area contributed by atoms with Crippen LogP contribution in [0.15, 0.2) is 65.6 Å². The second kappa shape index (κ2) is 10.7. The van der Waals surface area contributed by atoms with Crippen molar-refractivity contribution in [3.8, 4) is 5.75 Å². The van der Waals surface area contributed by atoms with Crippen molar-refractivity contribution in [2.45, 2.75) is 50.1 Å². The number of fused-ring (bicyclic) bond motifs is 2. The molecular formula is C30H31N3O6S. The number of aromatic nitrogens is 2. The number of hydrogen-bond acceptors (Lipinski definition) is 7. The third-order valence-electron chi connectivity index (χ3n) is 7.64. The molecule has 40 heavy (non-hydrogen) atoms. The van der Waals surface area contributed by atoms with Crippen LogP contribution in [0.4, 0.5) is 0 Å². The van der Waals surface area contributed by atoms with E-state index in [-0.39, 0.29) is 11.7 Å². The highest BCUT2D eigenvalue weighted by molar-refractivity contribution is 7.90. The van der Waals surface area contributed by atoms with Crippen molar-refractivity contribution in [2.75, 3.05) is 19.4 Å². The number of hydrogen-bond donors (Lipinski definition) is 1. The van der Waals surface area contributed by atoms with Crippen LogP contribution in [0.1, 0.15) is 39.3 Å². The van der Waals surface area contributed by atoms with Crippen LogP contribution in [0.5, 0.6) is 5.75 Å². The van der Waals surface area contributed by atoms with E-state index in [4.69, 9.17) is 14.5 Å². The molecule has 2 aliphatic heterocycles. The van der Waals surface area contributed by atoms with Gasteiger partial charge in [0.2, 0.25) is 0 Å². The van der Waals surface area contributed by atoms with E-state index in [0.29, 0.717) is 24.6 Å². The van der Waals surface area contributed by atoms with E-state index in [9.17, 15) is 18.3 Å². The van der Waals surface area contributed by atoms with Gasteiger partial charge in [0.1, 0.15) is 18.2 Å². The molecule has 1 aromatic heterocycles. The van der Waals surface area contributed by atoms with Crippen LogP contribution in [0, 0.1) is 0 Å². The SMILES string of the molecule is CS(=O)(=O)c1ccc(COc2ccc3c(c2)CN(Cc2nc4ccc(C(=O)O)cc4n2C[C@@H]2CCO2)CC3)cc1. The molecule has 2 aliphatic rings. The number of carboxylic acids is 1. The van der Waals surface area contributed by atoms with Gasteiger partial charge in [-0.25, -0.2) is 18.2 Å². The second-order valence-corrected chi connectivity index (χ2v) is 12.5. The summed E-state index contributed by atoms with van der Waals surface area (Å²) in [6, 6.07) is 18.0. The smallest absolute Gasteiger partial charge is 0.335 e. The van der Waals surface area contributed by atoms with Crippen molar-refractivity contribution in [3.63, 3.8) is 0 Å². The van der Waals surface area contributed by atoms with Crippen molar-refractivity contribution in [1.29, 1.82) is 0 Å². The quantitative estimate of drug-likeness (QED) is 0.326. The average molecular weight is 562 g/mol. The van der Waals surface area contributed by atoms with Gasteiger partial charge in [0, 0.05) is 26.0 Å². The van der Waals surface area contributed by atoms with Gasteiger partial charge in [0.15, 0.2) is 9.84 Å². The van der Waals surface area contributed by atoms with E-state index >= 15 is 0 Å². The molecule has 0 bridgehead atoms. The number of sulfone groups is 1. The molecule has 0 unspecified atom stereocenters. The van der Waals surface area contributed by atoms with E-state index < -0.39 is 15.8 Å². The lowest BCUT2D eigenvalue weighted by molar-refractivity contribution is -0.0592. The molecule has 0 amide bonds. The molecule has 0 aliphatic carbocycles. The first kappa shape index (κ1) is 26.5. The molecule has 0 radical (unpaired) electrons. The maximum absolute atomic E-state index is 11.7. The molecule has 208 valence electrons. The number of imidazole rings is 1. The van der Waals surface area contributed by atoms with Crippen LogP contribution in [-0.2, 0) is 47.2 Å². The number of ether oxygens (including phenoxy) is 2. The Bertz CT molecular complexity index is 1680. The molecule has 0 saturated carbocycles. The molecule has 1 atom stereocenters. The fourth-order valence-corrected chi connectivity index (χ4v) is 5.91. The Morgan fingerprint density at radius 1 is 1.10 bits per heavy atom. The Hall–Kier alpha value is -3.73. The molecule has 6 rings (SSSR count). The minimum Gasteiger partial charge on any atom is -0.489 e. The summed E-state index contributed by atoms with van der Waals surface area (Å²) < 4.78 is 37.3. The van der Waals surface area contributed by atoms with Crippen LogP contribution in [0.2, 0.25) is 0 Å². The second-order valence-electron chi connectivity index (χ2n) is 10.5. The monoisotopic (exact) mass is 561 g/mol. The first-order valence-corrected chi connectivity index (χ1v) is 15.2.